The van der Waals surface area contributed by atoms with Crippen molar-refractivity contribution >= 4 is 34.4 Å². The molecule has 3 aromatic rings. The van der Waals surface area contributed by atoms with Gasteiger partial charge in [0.05, 0.1) is 26.6 Å². The van der Waals surface area contributed by atoms with Crippen LogP contribution in [0.15, 0.2) is 65.8 Å². The molecule has 1 heterocycles. The van der Waals surface area contributed by atoms with Crippen molar-refractivity contribution in [2.24, 2.45) is 5.10 Å². The van der Waals surface area contributed by atoms with E-state index in [1.54, 1.807) is 42.5 Å². The van der Waals surface area contributed by atoms with Crippen LogP contribution in [0.4, 0.5) is 17.1 Å². The number of hydrogen-bond acceptors (Lipinski definition) is 8. The van der Waals surface area contributed by atoms with Crippen LogP contribution < -0.4 is 14.9 Å². The van der Waals surface area contributed by atoms with Gasteiger partial charge in [0.2, 0.25) is 0 Å². The first-order valence-corrected chi connectivity index (χ1v) is 9.73. The molecule has 32 heavy (non-hydrogen) atoms. The Morgan fingerprint density at radius 2 is 1.69 bits per heavy atom. The molecule has 0 saturated carbocycles. The van der Waals surface area contributed by atoms with Gasteiger partial charge in [-0.25, -0.2) is 0 Å². The summed E-state index contributed by atoms with van der Waals surface area (Å²) in [6.07, 6.45) is 0. The summed E-state index contributed by atoms with van der Waals surface area (Å²) >= 11 is 6.38. The molecule has 0 fully saturated rings. The van der Waals surface area contributed by atoms with E-state index in [0.29, 0.717) is 46.6 Å². The first-order chi connectivity index (χ1) is 15.4. The average molecular weight is 455 g/mol. The molecule has 0 bridgehead atoms. The van der Waals surface area contributed by atoms with Crippen molar-refractivity contribution in [1.29, 1.82) is 0 Å². The largest absolute Gasteiger partial charge is 0.486 e. The Kier molecular flexibility index (Phi) is 5.86. The monoisotopic (exact) mass is 454 g/mol. The highest BCUT2D eigenvalue weighted by molar-refractivity contribution is 6.35. The van der Waals surface area contributed by atoms with Crippen molar-refractivity contribution in [3.05, 3.63) is 97.0 Å². The highest BCUT2D eigenvalue weighted by Crippen LogP contribution is 2.33. The van der Waals surface area contributed by atoms with Crippen LogP contribution >= 0.6 is 11.6 Å². The van der Waals surface area contributed by atoms with E-state index in [0.717, 1.165) is 12.1 Å². The lowest BCUT2D eigenvalue weighted by molar-refractivity contribution is -0.393. The van der Waals surface area contributed by atoms with Crippen molar-refractivity contribution in [1.82, 2.24) is 0 Å². The zero-order valence-electron chi connectivity index (χ0n) is 16.4. The van der Waals surface area contributed by atoms with Gasteiger partial charge in [-0.2, -0.15) is 5.10 Å². The molecule has 0 spiro atoms. The molecule has 0 aromatic heterocycles. The Hall–Kier alpha value is -4.18. The summed E-state index contributed by atoms with van der Waals surface area (Å²) in [5, 5.41) is 27.2. The second-order valence-corrected chi connectivity index (χ2v) is 7.03. The number of nitrogens with zero attached hydrogens (tertiary/aromatic N) is 3. The van der Waals surface area contributed by atoms with Crippen LogP contribution in [0.5, 0.6) is 11.5 Å². The lowest BCUT2D eigenvalue weighted by Crippen LogP contribution is -2.16. The van der Waals surface area contributed by atoms with E-state index in [-0.39, 0.29) is 5.69 Å². The first kappa shape index (κ1) is 21.1. The van der Waals surface area contributed by atoms with Crippen molar-refractivity contribution in [3.8, 4) is 11.5 Å². The van der Waals surface area contributed by atoms with Gasteiger partial charge in [0.15, 0.2) is 11.5 Å². The number of anilines is 1. The number of benzene rings is 3. The zero-order chi connectivity index (χ0) is 22.7. The minimum absolute atomic E-state index is 0.0114. The fourth-order valence-electron chi connectivity index (χ4n) is 3.12. The third kappa shape index (κ3) is 4.30. The van der Waals surface area contributed by atoms with Gasteiger partial charge in [-0.1, -0.05) is 29.8 Å². The molecule has 11 heteroatoms. The van der Waals surface area contributed by atoms with Crippen molar-refractivity contribution < 1.29 is 19.3 Å². The summed E-state index contributed by atoms with van der Waals surface area (Å²) in [7, 11) is 0. The van der Waals surface area contributed by atoms with E-state index < -0.39 is 21.2 Å². The minimum atomic E-state index is -0.718. The van der Waals surface area contributed by atoms with Crippen molar-refractivity contribution in [2.75, 3.05) is 18.6 Å². The number of ether oxygens (including phenoxy) is 2. The maximum atomic E-state index is 11.4. The van der Waals surface area contributed by atoms with Crippen LogP contribution in [-0.4, -0.2) is 28.8 Å². The van der Waals surface area contributed by atoms with Crippen molar-refractivity contribution in [2.45, 2.75) is 0 Å². The van der Waals surface area contributed by atoms with Gasteiger partial charge in [-0.05, 0) is 30.3 Å². The average Bonchev–Trinajstić information content (AvgIpc) is 2.80. The highest BCUT2D eigenvalue weighted by atomic mass is 35.5. The Balaban J connectivity index is 1.79. The number of non-ortho nitro benzene ring substituents is 1. The molecule has 162 valence electrons. The molecule has 3 aromatic carbocycles. The molecule has 1 aliphatic heterocycles. The van der Waals surface area contributed by atoms with Crippen LogP contribution in [0.2, 0.25) is 5.02 Å². The number of hydrogen-bond donors (Lipinski definition) is 1. The molecule has 0 unspecified atom stereocenters. The van der Waals surface area contributed by atoms with Crippen LogP contribution in [0.25, 0.3) is 0 Å². The second-order valence-electron chi connectivity index (χ2n) is 6.63. The summed E-state index contributed by atoms with van der Waals surface area (Å²) in [6, 6.07) is 15.5. The molecular formula is C21H15ClN4O6. The third-order valence-electron chi connectivity index (χ3n) is 4.62. The van der Waals surface area contributed by atoms with Crippen LogP contribution in [-0.2, 0) is 0 Å². The van der Waals surface area contributed by atoms with E-state index in [1.165, 1.54) is 6.07 Å². The second kappa shape index (κ2) is 8.90. The molecular weight excluding hydrogens is 440 g/mol. The van der Waals surface area contributed by atoms with Crippen LogP contribution in [0, 0.1) is 20.2 Å². The maximum absolute atomic E-state index is 11.4. The number of hydrazone groups is 1. The smallest absolute Gasteiger partial charge is 0.301 e. The SMILES string of the molecule is O=[N+]([O-])c1ccc(N/N=C(\c2ccc3c(c2)OCCO3)c2ccccc2Cl)c([N+](=O)[O-])c1. The predicted octanol–water partition coefficient (Wildman–Crippen LogP) is 4.79. The number of nitrogens with one attached hydrogen (secondary N) is 1. The number of nitro benzene ring substituents is 2. The molecule has 0 atom stereocenters. The Bertz CT molecular complexity index is 1250. The van der Waals surface area contributed by atoms with E-state index >= 15 is 0 Å². The molecule has 0 amide bonds. The summed E-state index contributed by atoms with van der Waals surface area (Å²) in [4.78, 5) is 21.0. The van der Waals surface area contributed by atoms with E-state index in [4.69, 9.17) is 21.1 Å². The van der Waals surface area contributed by atoms with Gasteiger partial charge in [0.1, 0.15) is 18.9 Å². The minimum Gasteiger partial charge on any atom is -0.486 e. The molecule has 1 N–H and O–H groups in total. The Morgan fingerprint density at radius 1 is 0.938 bits per heavy atom. The predicted molar refractivity (Wildman–Crippen MR) is 118 cm³/mol. The summed E-state index contributed by atoms with van der Waals surface area (Å²) in [5.74, 6) is 1.13. The number of rotatable bonds is 6. The van der Waals surface area contributed by atoms with Gasteiger partial charge in [-0.15, -0.1) is 0 Å². The molecule has 10 nitrogen and oxygen atoms in total. The first-order valence-electron chi connectivity index (χ1n) is 9.35. The van der Waals surface area contributed by atoms with Crippen LogP contribution in [0.3, 0.4) is 0 Å². The maximum Gasteiger partial charge on any atom is 0.301 e. The summed E-state index contributed by atoms with van der Waals surface area (Å²) in [5.41, 5.74) is 3.35. The Morgan fingerprint density at radius 3 is 2.41 bits per heavy atom. The topological polar surface area (TPSA) is 129 Å². The summed E-state index contributed by atoms with van der Waals surface area (Å²) in [6.45, 7) is 0.853. The quantitative estimate of drug-likeness (QED) is 0.322. The molecule has 0 aliphatic carbocycles. The van der Waals surface area contributed by atoms with Gasteiger partial charge in [-0.3, -0.25) is 25.7 Å². The van der Waals surface area contributed by atoms with E-state index in [1.807, 2.05) is 0 Å². The Labute approximate surface area is 186 Å². The fourth-order valence-corrected chi connectivity index (χ4v) is 3.34. The number of fused-ring (bicyclic) bond motifs is 1. The fraction of sp³-hybridized carbons (Fsp3) is 0.0952. The van der Waals surface area contributed by atoms with Gasteiger partial charge in [0.25, 0.3) is 5.69 Å². The highest BCUT2D eigenvalue weighted by Gasteiger charge is 2.21. The number of halogens is 1. The molecule has 0 radical (unpaired) electrons. The third-order valence-corrected chi connectivity index (χ3v) is 4.95. The standard InChI is InChI=1S/C21H15ClN4O6/c22-16-4-2-1-3-15(16)21(13-5-8-19-20(11-13)32-10-9-31-19)24-23-17-7-6-14(25(27)28)12-18(17)26(29)30/h1-8,11-12,23H,9-10H2/b24-21+. The van der Waals surface area contributed by atoms with Gasteiger partial charge < -0.3 is 9.47 Å². The van der Waals surface area contributed by atoms with Crippen molar-refractivity contribution in [3.63, 3.8) is 0 Å². The summed E-state index contributed by atoms with van der Waals surface area (Å²) < 4.78 is 11.2. The molecule has 1 aliphatic rings. The number of nitro groups is 2. The van der Waals surface area contributed by atoms with E-state index in [9.17, 15) is 20.2 Å². The molecule has 0 saturated heterocycles. The normalized spacial score (nSPS) is 12.8. The van der Waals surface area contributed by atoms with Gasteiger partial charge >= 0.3 is 5.69 Å². The van der Waals surface area contributed by atoms with Crippen LogP contribution in [0.1, 0.15) is 11.1 Å². The lowest BCUT2D eigenvalue weighted by atomic mass is 10.0. The zero-order valence-corrected chi connectivity index (χ0v) is 17.1. The molecule has 4 rings (SSSR count). The lowest BCUT2D eigenvalue weighted by Gasteiger charge is -2.19. The van der Waals surface area contributed by atoms with E-state index in [2.05, 4.69) is 10.5 Å². The van der Waals surface area contributed by atoms with Gasteiger partial charge in [0, 0.05) is 17.2 Å².